The van der Waals surface area contributed by atoms with Crippen molar-refractivity contribution in [3.05, 3.63) is 30.3 Å². The van der Waals surface area contributed by atoms with Crippen LogP contribution in [0.2, 0.25) is 0 Å². The lowest BCUT2D eigenvalue weighted by Crippen LogP contribution is -2.46. The van der Waals surface area contributed by atoms with Crippen LogP contribution in [0.25, 0.3) is 0 Å². The van der Waals surface area contributed by atoms with Crippen LogP contribution in [0.15, 0.2) is 30.3 Å². The number of hydrogen-bond donors (Lipinski definition) is 1. The number of rotatable bonds is 3. The Morgan fingerprint density at radius 3 is 2.57 bits per heavy atom. The summed E-state index contributed by atoms with van der Waals surface area (Å²) in [5, 5.41) is 3.02. The standard InChI is InChI=1S/C17H25N3O/c21-17(18-15-8-3-1-4-9-15)20-13-7-10-16(20)14-19-11-5-2-6-12-19/h1,3-4,8-9,16H,2,5-7,10-14H2,(H,18,21)/t16-/m0/s1. The van der Waals surface area contributed by atoms with Gasteiger partial charge in [-0.05, 0) is 50.9 Å². The van der Waals surface area contributed by atoms with Crippen molar-refractivity contribution in [3.63, 3.8) is 0 Å². The molecule has 2 aliphatic rings. The Morgan fingerprint density at radius 1 is 1.05 bits per heavy atom. The second-order valence-corrected chi connectivity index (χ2v) is 6.15. The first kappa shape index (κ1) is 14.4. The number of para-hydroxylation sites is 1. The van der Waals surface area contributed by atoms with E-state index in [1.54, 1.807) is 0 Å². The van der Waals surface area contributed by atoms with Gasteiger partial charge in [-0.15, -0.1) is 0 Å². The number of benzene rings is 1. The van der Waals surface area contributed by atoms with Crippen LogP contribution in [0.4, 0.5) is 10.5 Å². The van der Waals surface area contributed by atoms with Gasteiger partial charge in [-0.25, -0.2) is 4.79 Å². The molecule has 1 N–H and O–H groups in total. The molecule has 1 aromatic carbocycles. The molecule has 4 nitrogen and oxygen atoms in total. The first-order chi connectivity index (χ1) is 10.3. The maximum atomic E-state index is 12.5. The minimum atomic E-state index is 0.0562. The van der Waals surface area contributed by atoms with Crippen LogP contribution >= 0.6 is 0 Å². The smallest absolute Gasteiger partial charge is 0.320 e. The van der Waals surface area contributed by atoms with E-state index in [4.69, 9.17) is 0 Å². The Kier molecular flexibility index (Phi) is 4.76. The van der Waals surface area contributed by atoms with Crippen molar-refractivity contribution in [2.45, 2.75) is 38.1 Å². The first-order valence-corrected chi connectivity index (χ1v) is 8.18. The number of carbonyl (C=O) groups excluding carboxylic acids is 1. The van der Waals surface area contributed by atoms with E-state index < -0.39 is 0 Å². The summed E-state index contributed by atoms with van der Waals surface area (Å²) in [6.07, 6.45) is 6.24. The fraction of sp³-hybridized carbons (Fsp3) is 0.588. The Labute approximate surface area is 127 Å². The third-order valence-corrected chi connectivity index (χ3v) is 4.58. The van der Waals surface area contributed by atoms with E-state index in [0.29, 0.717) is 6.04 Å². The molecule has 21 heavy (non-hydrogen) atoms. The van der Waals surface area contributed by atoms with Gasteiger partial charge in [-0.2, -0.15) is 0 Å². The number of carbonyl (C=O) groups is 1. The number of piperidine rings is 1. The lowest BCUT2D eigenvalue weighted by molar-refractivity contribution is 0.161. The molecule has 0 unspecified atom stereocenters. The summed E-state index contributed by atoms with van der Waals surface area (Å²) in [6.45, 7) is 4.33. The van der Waals surface area contributed by atoms with Gasteiger partial charge in [-0.1, -0.05) is 24.6 Å². The number of nitrogens with zero attached hydrogens (tertiary/aromatic N) is 2. The molecule has 2 heterocycles. The summed E-state index contributed by atoms with van der Waals surface area (Å²) >= 11 is 0. The summed E-state index contributed by atoms with van der Waals surface area (Å²) in [5.41, 5.74) is 0.881. The Hall–Kier alpha value is -1.55. The van der Waals surface area contributed by atoms with Gasteiger partial charge in [-0.3, -0.25) is 0 Å². The Bertz CT molecular complexity index is 456. The van der Waals surface area contributed by atoms with E-state index in [0.717, 1.165) is 31.6 Å². The monoisotopic (exact) mass is 287 g/mol. The van der Waals surface area contributed by atoms with Crippen LogP contribution in [0.1, 0.15) is 32.1 Å². The van der Waals surface area contributed by atoms with Crippen molar-refractivity contribution in [2.75, 3.05) is 31.5 Å². The Balaban J connectivity index is 1.56. The summed E-state index contributed by atoms with van der Waals surface area (Å²) in [4.78, 5) is 17.0. The van der Waals surface area contributed by atoms with Gasteiger partial charge in [0.15, 0.2) is 0 Å². The largest absolute Gasteiger partial charge is 0.322 e. The maximum Gasteiger partial charge on any atom is 0.322 e. The molecule has 3 rings (SSSR count). The third kappa shape index (κ3) is 3.76. The van der Waals surface area contributed by atoms with Crippen LogP contribution in [0, 0.1) is 0 Å². The van der Waals surface area contributed by atoms with Gasteiger partial charge in [0.2, 0.25) is 0 Å². The van der Waals surface area contributed by atoms with E-state index in [1.807, 2.05) is 35.2 Å². The van der Waals surface area contributed by atoms with Gasteiger partial charge in [0.1, 0.15) is 0 Å². The molecule has 2 saturated heterocycles. The van der Waals surface area contributed by atoms with Gasteiger partial charge < -0.3 is 15.1 Å². The molecule has 114 valence electrons. The second-order valence-electron chi connectivity index (χ2n) is 6.15. The molecule has 0 saturated carbocycles. The highest BCUT2D eigenvalue weighted by molar-refractivity contribution is 5.89. The molecule has 2 fully saturated rings. The normalized spacial score (nSPS) is 23.2. The van der Waals surface area contributed by atoms with E-state index in [1.165, 1.54) is 32.4 Å². The average Bonchev–Trinajstić information content (AvgIpc) is 2.97. The summed E-state index contributed by atoms with van der Waals surface area (Å²) in [6, 6.07) is 10.2. The van der Waals surface area contributed by atoms with Crippen LogP contribution < -0.4 is 5.32 Å². The molecule has 0 aliphatic carbocycles. The van der Waals surface area contributed by atoms with Crippen molar-refractivity contribution in [1.29, 1.82) is 0 Å². The predicted molar refractivity (Wildman–Crippen MR) is 85.5 cm³/mol. The molecule has 1 aromatic rings. The van der Waals surface area contributed by atoms with Crippen molar-refractivity contribution < 1.29 is 4.79 Å². The number of amides is 2. The first-order valence-electron chi connectivity index (χ1n) is 8.18. The lowest BCUT2D eigenvalue weighted by Gasteiger charge is -2.33. The third-order valence-electron chi connectivity index (χ3n) is 4.58. The highest BCUT2D eigenvalue weighted by atomic mass is 16.2. The molecular formula is C17H25N3O. The average molecular weight is 287 g/mol. The maximum absolute atomic E-state index is 12.5. The van der Waals surface area contributed by atoms with E-state index in [-0.39, 0.29) is 6.03 Å². The van der Waals surface area contributed by atoms with E-state index in [2.05, 4.69) is 10.2 Å². The zero-order valence-electron chi connectivity index (χ0n) is 12.6. The zero-order valence-corrected chi connectivity index (χ0v) is 12.6. The van der Waals surface area contributed by atoms with Crippen LogP contribution in [-0.4, -0.2) is 48.1 Å². The minimum absolute atomic E-state index is 0.0562. The SMILES string of the molecule is O=C(Nc1ccccc1)N1CCC[C@H]1CN1CCCCC1. The van der Waals surface area contributed by atoms with Crippen LogP contribution in [0.3, 0.4) is 0 Å². The quantitative estimate of drug-likeness (QED) is 0.927. The fourth-order valence-electron chi connectivity index (χ4n) is 3.45. The molecule has 0 bridgehead atoms. The zero-order chi connectivity index (χ0) is 14.5. The summed E-state index contributed by atoms with van der Waals surface area (Å²) in [7, 11) is 0. The number of likely N-dealkylation sites (tertiary alicyclic amines) is 2. The fourth-order valence-corrected chi connectivity index (χ4v) is 3.45. The second kappa shape index (κ2) is 6.94. The summed E-state index contributed by atoms with van der Waals surface area (Å²) in [5.74, 6) is 0. The number of nitrogens with one attached hydrogen (secondary N) is 1. The van der Waals surface area contributed by atoms with Crippen molar-refractivity contribution in [3.8, 4) is 0 Å². The minimum Gasteiger partial charge on any atom is -0.320 e. The van der Waals surface area contributed by atoms with Crippen LogP contribution in [0.5, 0.6) is 0 Å². The van der Waals surface area contributed by atoms with Gasteiger partial charge in [0, 0.05) is 24.8 Å². The molecule has 0 radical (unpaired) electrons. The highest BCUT2D eigenvalue weighted by Gasteiger charge is 2.30. The van der Waals surface area contributed by atoms with Crippen molar-refractivity contribution >= 4 is 11.7 Å². The molecule has 0 spiro atoms. The van der Waals surface area contributed by atoms with Gasteiger partial charge in [0.05, 0.1) is 0 Å². The number of anilines is 1. The van der Waals surface area contributed by atoms with Crippen molar-refractivity contribution in [2.24, 2.45) is 0 Å². The van der Waals surface area contributed by atoms with Gasteiger partial charge in [0.25, 0.3) is 0 Å². The molecule has 4 heteroatoms. The topological polar surface area (TPSA) is 35.6 Å². The lowest BCUT2D eigenvalue weighted by atomic mass is 10.1. The number of hydrogen-bond acceptors (Lipinski definition) is 2. The van der Waals surface area contributed by atoms with E-state index >= 15 is 0 Å². The van der Waals surface area contributed by atoms with Crippen LogP contribution in [-0.2, 0) is 0 Å². The molecular weight excluding hydrogens is 262 g/mol. The van der Waals surface area contributed by atoms with Crippen molar-refractivity contribution in [1.82, 2.24) is 9.80 Å². The number of urea groups is 1. The predicted octanol–water partition coefficient (Wildman–Crippen LogP) is 3.17. The highest BCUT2D eigenvalue weighted by Crippen LogP contribution is 2.21. The molecule has 1 atom stereocenters. The molecule has 2 aliphatic heterocycles. The van der Waals surface area contributed by atoms with Gasteiger partial charge >= 0.3 is 6.03 Å². The Morgan fingerprint density at radius 2 is 1.81 bits per heavy atom. The summed E-state index contributed by atoms with van der Waals surface area (Å²) < 4.78 is 0. The van der Waals surface area contributed by atoms with E-state index in [9.17, 15) is 4.79 Å². The molecule has 2 amide bonds. The molecule has 0 aromatic heterocycles.